The molecule has 2 saturated heterocycles. The Morgan fingerprint density at radius 1 is 0.436 bits per heavy atom. The summed E-state index contributed by atoms with van der Waals surface area (Å²) in [6.45, 7) is 4.20. The van der Waals surface area contributed by atoms with E-state index in [1.54, 1.807) is 0 Å². The molecule has 7 aromatic carbocycles. The first-order valence-corrected chi connectivity index (χ1v) is 19.2. The Balaban J connectivity index is 1.01. The molecule has 5 nitrogen and oxygen atoms in total. The van der Waals surface area contributed by atoms with E-state index < -0.39 is 0 Å². The van der Waals surface area contributed by atoms with E-state index in [-0.39, 0.29) is 38.2 Å². The van der Waals surface area contributed by atoms with Crippen molar-refractivity contribution in [2.45, 2.75) is 38.6 Å². The number of hydrogen-bond acceptors (Lipinski definition) is 5. The molecule has 11 rings (SSSR count). The molecule has 0 spiro atoms. The van der Waals surface area contributed by atoms with Gasteiger partial charge in [0, 0.05) is 17.1 Å². The zero-order chi connectivity index (χ0) is 36.6. The van der Waals surface area contributed by atoms with Crippen molar-refractivity contribution >= 4 is 63.3 Å². The van der Waals surface area contributed by atoms with E-state index in [4.69, 9.17) is 18.9 Å². The van der Waals surface area contributed by atoms with Gasteiger partial charge in [-0.25, -0.2) is 0 Å². The first-order chi connectivity index (χ1) is 27.1. The largest absolute Gasteiger partial charge is 0.462 e. The fourth-order valence-corrected chi connectivity index (χ4v) is 8.64. The highest BCUT2D eigenvalue weighted by Gasteiger charge is 2.43. The van der Waals surface area contributed by atoms with Crippen LogP contribution in [-0.2, 0) is 9.47 Å². The van der Waals surface area contributed by atoms with Crippen LogP contribution in [0.25, 0.3) is 22.3 Å². The van der Waals surface area contributed by atoms with Crippen LogP contribution in [0.4, 0.5) is 17.1 Å². The summed E-state index contributed by atoms with van der Waals surface area (Å²) in [6.07, 6.45) is 0.0233. The van der Waals surface area contributed by atoms with Gasteiger partial charge in [0.25, 0.3) is 0 Å². The van der Waals surface area contributed by atoms with E-state index in [0.717, 1.165) is 22.6 Å². The monoisotopic (exact) mass is 713 g/mol. The molecular weight excluding hydrogens is 676 g/mol. The second-order valence-electron chi connectivity index (χ2n) is 15.1. The lowest BCUT2D eigenvalue weighted by molar-refractivity contribution is 0.178. The van der Waals surface area contributed by atoms with Gasteiger partial charge in [-0.05, 0) is 94.4 Å². The van der Waals surface area contributed by atoms with Crippen molar-refractivity contribution in [3.8, 4) is 33.8 Å². The minimum absolute atomic E-state index is 0.0691. The van der Waals surface area contributed by atoms with E-state index in [0.29, 0.717) is 0 Å². The molecule has 4 aliphatic heterocycles. The second kappa shape index (κ2) is 12.8. The molecule has 2 fully saturated rings. The summed E-state index contributed by atoms with van der Waals surface area (Å²) in [6, 6.07) is 59.7. The maximum Gasteiger partial charge on any atom is 0.246 e. The van der Waals surface area contributed by atoms with Crippen LogP contribution in [0.15, 0.2) is 164 Å². The molecule has 4 heterocycles. The van der Waals surface area contributed by atoms with Gasteiger partial charge in [0.05, 0.1) is 0 Å². The Labute approximate surface area is 322 Å². The van der Waals surface area contributed by atoms with Crippen LogP contribution in [0.3, 0.4) is 0 Å². The Bertz CT molecular complexity index is 2560. The highest BCUT2D eigenvalue weighted by atomic mass is 16.8. The van der Waals surface area contributed by atoms with Crippen LogP contribution in [-0.4, -0.2) is 38.2 Å². The third-order valence-corrected chi connectivity index (χ3v) is 11.6. The van der Waals surface area contributed by atoms with Gasteiger partial charge in [0.15, 0.2) is 0 Å². The summed E-state index contributed by atoms with van der Waals surface area (Å²) >= 11 is 0. The number of benzene rings is 7. The van der Waals surface area contributed by atoms with Crippen LogP contribution in [0, 0.1) is 0 Å². The molecule has 0 aliphatic carbocycles. The lowest BCUT2D eigenvalue weighted by Gasteiger charge is -2.44. The molecule has 0 bridgehead atoms. The minimum atomic E-state index is -0.149. The Hall–Kier alpha value is -6.01. The van der Waals surface area contributed by atoms with Crippen molar-refractivity contribution in [1.29, 1.82) is 0 Å². The van der Waals surface area contributed by atoms with Gasteiger partial charge in [0.2, 0.25) is 26.0 Å². The maximum absolute atomic E-state index is 5.97. The highest BCUT2D eigenvalue weighted by molar-refractivity contribution is 7.02. The molecule has 7 aromatic rings. The predicted octanol–water partition coefficient (Wildman–Crippen LogP) is 6.40. The van der Waals surface area contributed by atoms with Crippen LogP contribution < -0.4 is 47.2 Å². The Kier molecular flexibility index (Phi) is 7.55. The summed E-state index contributed by atoms with van der Waals surface area (Å²) in [5, 5.41) is 0. The molecule has 55 heavy (non-hydrogen) atoms. The number of anilines is 3. The number of ether oxygens (including phenoxy) is 4. The number of epoxide rings is 2. The van der Waals surface area contributed by atoms with E-state index in [2.05, 4.69) is 144 Å². The van der Waals surface area contributed by atoms with Crippen LogP contribution >= 0.6 is 0 Å². The van der Waals surface area contributed by atoms with Gasteiger partial charge < -0.3 is 23.8 Å². The number of para-hydroxylation sites is 2. The zero-order valence-corrected chi connectivity index (χ0v) is 30.6. The van der Waals surface area contributed by atoms with E-state index in [9.17, 15) is 0 Å². The molecule has 0 N–H and O–H groups in total. The van der Waals surface area contributed by atoms with E-state index >= 15 is 0 Å². The zero-order valence-electron chi connectivity index (χ0n) is 30.6. The van der Waals surface area contributed by atoms with E-state index in [1.165, 1.54) is 61.0 Å². The van der Waals surface area contributed by atoms with Crippen molar-refractivity contribution in [1.82, 2.24) is 0 Å². The van der Waals surface area contributed by atoms with Gasteiger partial charge in [-0.3, -0.25) is 0 Å². The summed E-state index contributed by atoms with van der Waals surface area (Å²) < 4.78 is 22.8. The molecule has 0 radical (unpaired) electrons. The summed E-state index contributed by atoms with van der Waals surface area (Å²) in [5.41, 5.74) is 16.1. The van der Waals surface area contributed by atoms with Crippen molar-refractivity contribution in [2.24, 2.45) is 0 Å². The van der Waals surface area contributed by atoms with Crippen molar-refractivity contribution < 1.29 is 18.9 Å². The third-order valence-electron chi connectivity index (χ3n) is 11.6. The standard InChI is InChI=1S/C48H37B2NO4/c1-30-47(52-30)54-38-24-17-33(18-25-38)32-15-22-37(23-16-32)50-40-11-6-7-14-44(40)51-45-29-35(34-19-26-39(27-20-34)55-48-31(2)53-48)21-28-41(45)49(36-9-4-3-5-10-36)42-12-8-13-43(50)46(42)51/h3-31,47-48H,1-2H3. The highest BCUT2D eigenvalue weighted by Crippen LogP contribution is 2.39. The molecule has 264 valence electrons. The SMILES string of the molecule is CC1OC1Oc1ccc(-c2ccc(B3c4ccccc4N4c5cc(-c6ccc(OC7OC7C)cc6)ccc5B(c5ccccc5)c5cccc3c54)cc2)cc1. The quantitative estimate of drug-likeness (QED) is 0.135. The summed E-state index contributed by atoms with van der Waals surface area (Å²) in [5.74, 6) is 1.65. The van der Waals surface area contributed by atoms with Gasteiger partial charge in [-0.1, -0.05) is 138 Å². The molecule has 4 atom stereocenters. The number of hydrogen-bond donors (Lipinski definition) is 0. The first-order valence-electron chi connectivity index (χ1n) is 19.2. The molecule has 0 aromatic heterocycles. The molecule has 7 heteroatoms. The first kappa shape index (κ1) is 32.4. The topological polar surface area (TPSA) is 46.8 Å². The van der Waals surface area contributed by atoms with Gasteiger partial charge in [-0.15, -0.1) is 0 Å². The average molecular weight is 713 g/mol. The number of fused-ring (bicyclic) bond motifs is 4. The lowest BCUT2D eigenvalue weighted by atomic mass is 9.30. The van der Waals surface area contributed by atoms with Crippen LogP contribution in [0.5, 0.6) is 11.5 Å². The summed E-state index contributed by atoms with van der Waals surface area (Å²) in [4.78, 5) is 2.53. The summed E-state index contributed by atoms with van der Waals surface area (Å²) in [7, 11) is 0. The second-order valence-corrected chi connectivity index (χ2v) is 15.1. The lowest BCUT2D eigenvalue weighted by Crippen LogP contribution is -2.64. The molecule has 4 aliphatic rings. The van der Waals surface area contributed by atoms with Crippen LogP contribution in [0.2, 0.25) is 0 Å². The van der Waals surface area contributed by atoms with Crippen LogP contribution in [0.1, 0.15) is 13.8 Å². The predicted molar refractivity (Wildman–Crippen MR) is 224 cm³/mol. The fraction of sp³-hybridized carbons (Fsp3) is 0.125. The third kappa shape index (κ3) is 5.65. The van der Waals surface area contributed by atoms with Gasteiger partial charge in [-0.2, -0.15) is 0 Å². The van der Waals surface area contributed by atoms with Gasteiger partial charge in [0.1, 0.15) is 23.7 Å². The minimum Gasteiger partial charge on any atom is -0.462 e. The van der Waals surface area contributed by atoms with Gasteiger partial charge >= 0.3 is 0 Å². The number of rotatable bonds is 8. The average Bonchev–Trinajstić information content (AvgIpc) is 4.14. The molecule has 0 amide bonds. The van der Waals surface area contributed by atoms with Crippen molar-refractivity contribution in [3.05, 3.63) is 164 Å². The smallest absolute Gasteiger partial charge is 0.246 e. The Morgan fingerprint density at radius 3 is 1.47 bits per heavy atom. The molecule has 4 unspecified atom stereocenters. The molecule has 0 saturated carbocycles. The maximum atomic E-state index is 5.97. The fourth-order valence-electron chi connectivity index (χ4n) is 8.64. The number of nitrogens with zero attached hydrogens (tertiary/aromatic N) is 1. The Morgan fingerprint density at radius 2 is 0.891 bits per heavy atom. The molecular formula is C48H37B2NO4. The van der Waals surface area contributed by atoms with E-state index in [1.807, 2.05) is 38.1 Å². The van der Waals surface area contributed by atoms with Crippen molar-refractivity contribution in [2.75, 3.05) is 4.90 Å². The van der Waals surface area contributed by atoms with Crippen molar-refractivity contribution in [3.63, 3.8) is 0 Å². The normalized spacial score (nSPS) is 19.9.